The van der Waals surface area contributed by atoms with Crippen LogP contribution in [0.5, 0.6) is 0 Å². The number of esters is 2. The van der Waals surface area contributed by atoms with Gasteiger partial charge in [-0.1, -0.05) is 0 Å². The van der Waals surface area contributed by atoms with E-state index in [1.807, 2.05) is 0 Å². The molecule has 0 radical (unpaired) electrons. The van der Waals surface area contributed by atoms with Gasteiger partial charge in [-0.25, -0.2) is 22.4 Å². The van der Waals surface area contributed by atoms with Crippen LogP contribution in [0.3, 0.4) is 0 Å². The summed E-state index contributed by atoms with van der Waals surface area (Å²) in [5.74, 6) is -2.43. The van der Waals surface area contributed by atoms with Crippen molar-refractivity contribution in [1.29, 1.82) is 0 Å². The molecule has 3 aromatic rings. The number of sulfonamides is 1. The lowest BCUT2D eigenvalue weighted by Gasteiger charge is -2.12. The van der Waals surface area contributed by atoms with Crippen LogP contribution in [-0.2, 0) is 37.1 Å². The Bertz CT molecular complexity index is 1520. The molecule has 0 aliphatic heterocycles. The minimum Gasteiger partial charge on any atom is -0.462 e. The highest BCUT2D eigenvalue weighted by atomic mass is 32.2. The maximum atomic E-state index is 13.3. The van der Waals surface area contributed by atoms with Gasteiger partial charge in [0, 0.05) is 10.6 Å². The SMILES string of the molecule is CCOC(=O)c1c(NC(=O)COC(=O)c2ccc(NS(=O)(=O)c3ccc(F)cc3C)cc2)sc2c1CCCC2. The fourth-order valence-electron chi connectivity index (χ4n) is 4.25. The maximum absolute atomic E-state index is 13.3. The van der Waals surface area contributed by atoms with E-state index < -0.39 is 40.3 Å². The number of anilines is 2. The molecule has 1 amide bonds. The average molecular weight is 575 g/mol. The number of carbonyl (C=O) groups excluding carboxylic acids is 3. The third-order valence-electron chi connectivity index (χ3n) is 6.04. The molecule has 12 heteroatoms. The van der Waals surface area contributed by atoms with Gasteiger partial charge in [0.2, 0.25) is 0 Å². The largest absolute Gasteiger partial charge is 0.462 e. The van der Waals surface area contributed by atoms with Crippen LogP contribution in [0.2, 0.25) is 0 Å². The quantitative estimate of drug-likeness (QED) is 0.350. The first-order chi connectivity index (χ1) is 18.6. The zero-order chi connectivity index (χ0) is 28.2. The van der Waals surface area contributed by atoms with Gasteiger partial charge in [0.1, 0.15) is 10.8 Å². The first-order valence-electron chi connectivity index (χ1n) is 12.3. The van der Waals surface area contributed by atoms with Crippen LogP contribution in [0.15, 0.2) is 47.4 Å². The summed E-state index contributed by atoms with van der Waals surface area (Å²) in [6, 6.07) is 8.79. The molecule has 1 heterocycles. The number of aryl methyl sites for hydroxylation is 2. The molecule has 0 spiro atoms. The van der Waals surface area contributed by atoms with Gasteiger partial charge < -0.3 is 14.8 Å². The van der Waals surface area contributed by atoms with Crippen LogP contribution >= 0.6 is 11.3 Å². The summed E-state index contributed by atoms with van der Waals surface area (Å²) in [6.07, 6.45) is 3.52. The van der Waals surface area contributed by atoms with Crippen LogP contribution in [-0.4, -0.2) is 39.5 Å². The minimum absolute atomic E-state index is 0.0731. The third kappa shape index (κ3) is 6.63. The Kier molecular flexibility index (Phi) is 8.66. The van der Waals surface area contributed by atoms with Crippen LogP contribution < -0.4 is 10.0 Å². The van der Waals surface area contributed by atoms with Gasteiger partial charge in [0.15, 0.2) is 6.61 Å². The first-order valence-corrected chi connectivity index (χ1v) is 14.6. The molecule has 2 N–H and O–H groups in total. The van der Waals surface area contributed by atoms with Crippen LogP contribution in [0, 0.1) is 12.7 Å². The predicted molar refractivity (Wildman–Crippen MR) is 144 cm³/mol. The summed E-state index contributed by atoms with van der Waals surface area (Å²) >= 11 is 1.33. The van der Waals surface area contributed by atoms with Crippen molar-refractivity contribution in [3.05, 3.63) is 75.4 Å². The molecule has 0 unspecified atom stereocenters. The third-order valence-corrected chi connectivity index (χ3v) is 8.79. The Labute approximate surface area is 229 Å². The molecule has 1 aliphatic rings. The topological polar surface area (TPSA) is 128 Å². The van der Waals surface area contributed by atoms with Gasteiger partial charge in [0.25, 0.3) is 15.9 Å². The smallest absolute Gasteiger partial charge is 0.341 e. The maximum Gasteiger partial charge on any atom is 0.341 e. The van der Waals surface area contributed by atoms with Crippen molar-refractivity contribution < 1.29 is 36.7 Å². The number of thiophene rings is 1. The summed E-state index contributed by atoms with van der Waals surface area (Å²) in [7, 11) is -3.98. The van der Waals surface area contributed by atoms with Crippen molar-refractivity contribution in [1.82, 2.24) is 0 Å². The number of hydrogen-bond donors (Lipinski definition) is 2. The number of amides is 1. The van der Waals surface area contributed by atoms with Crippen LogP contribution in [0.4, 0.5) is 15.1 Å². The number of hydrogen-bond acceptors (Lipinski definition) is 8. The standard InChI is InChI=1S/C27H27FN2O7S2/c1-3-36-27(33)24-20-6-4-5-7-21(20)38-25(24)29-23(31)15-37-26(32)17-8-11-19(12-9-17)30-39(34,35)22-13-10-18(28)14-16(22)2/h8-14,30H,3-7,15H2,1-2H3,(H,29,31). The molecule has 0 saturated heterocycles. The Morgan fingerprint density at radius 1 is 1.00 bits per heavy atom. The molecule has 1 aliphatic carbocycles. The molecule has 0 saturated carbocycles. The molecule has 206 valence electrons. The van der Waals surface area contributed by atoms with Gasteiger partial charge >= 0.3 is 11.9 Å². The van der Waals surface area contributed by atoms with Crippen molar-refractivity contribution in [2.45, 2.75) is 44.4 Å². The zero-order valence-corrected chi connectivity index (χ0v) is 23.0. The van der Waals surface area contributed by atoms with E-state index in [1.54, 1.807) is 6.92 Å². The highest BCUT2D eigenvalue weighted by Gasteiger charge is 2.27. The first kappa shape index (κ1) is 28.2. The normalized spacial score (nSPS) is 12.8. The second kappa shape index (κ2) is 12.0. The monoisotopic (exact) mass is 574 g/mol. The van der Waals surface area contributed by atoms with E-state index in [9.17, 15) is 27.2 Å². The van der Waals surface area contributed by atoms with Gasteiger partial charge in [-0.3, -0.25) is 9.52 Å². The lowest BCUT2D eigenvalue weighted by Crippen LogP contribution is -2.22. The predicted octanol–water partition coefficient (Wildman–Crippen LogP) is 4.85. The Morgan fingerprint density at radius 2 is 1.72 bits per heavy atom. The number of carbonyl (C=O) groups is 3. The van der Waals surface area contributed by atoms with Crippen molar-refractivity contribution in [2.75, 3.05) is 23.3 Å². The summed E-state index contributed by atoms with van der Waals surface area (Å²) in [4.78, 5) is 38.5. The second-order valence-electron chi connectivity index (χ2n) is 8.85. The number of nitrogens with one attached hydrogen (secondary N) is 2. The van der Waals surface area contributed by atoms with Crippen molar-refractivity contribution in [3.8, 4) is 0 Å². The van der Waals surface area contributed by atoms with Gasteiger partial charge in [-0.05, 0) is 93.1 Å². The van der Waals surface area contributed by atoms with Crippen molar-refractivity contribution in [3.63, 3.8) is 0 Å². The van der Waals surface area contributed by atoms with E-state index in [0.717, 1.165) is 48.3 Å². The summed E-state index contributed by atoms with van der Waals surface area (Å²) in [5.41, 5.74) is 1.80. The molecule has 9 nitrogen and oxygen atoms in total. The van der Waals surface area contributed by atoms with Gasteiger partial charge in [-0.2, -0.15) is 0 Å². The zero-order valence-electron chi connectivity index (χ0n) is 21.3. The van der Waals surface area contributed by atoms with E-state index in [4.69, 9.17) is 9.47 Å². The fraction of sp³-hybridized carbons (Fsp3) is 0.296. The molecule has 2 aromatic carbocycles. The molecule has 39 heavy (non-hydrogen) atoms. The van der Waals surface area contributed by atoms with Gasteiger partial charge in [0.05, 0.1) is 22.6 Å². The van der Waals surface area contributed by atoms with Crippen molar-refractivity contribution in [2.24, 2.45) is 0 Å². The number of ether oxygens (including phenoxy) is 2. The Morgan fingerprint density at radius 3 is 2.41 bits per heavy atom. The highest BCUT2D eigenvalue weighted by molar-refractivity contribution is 7.92. The fourth-order valence-corrected chi connectivity index (χ4v) is 6.83. The lowest BCUT2D eigenvalue weighted by atomic mass is 9.95. The number of fused-ring (bicyclic) bond motifs is 1. The second-order valence-corrected chi connectivity index (χ2v) is 11.6. The molecule has 4 rings (SSSR count). The Hall–Kier alpha value is -3.77. The summed E-state index contributed by atoms with van der Waals surface area (Å²) < 4.78 is 51.3. The van der Waals surface area contributed by atoms with E-state index in [0.29, 0.717) is 10.6 Å². The van der Waals surface area contributed by atoms with Crippen molar-refractivity contribution >= 4 is 49.9 Å². The number of benzene rings is 2. The van der Waals surface area contributed by atoms with E-state index >= 15 is 0 Å². The number of halogens is 1. The molecule has 0 bridgehead atoms. The van der Waals surface area contributed by atoms with Gasteiger partial charge in [-0.15, -0.1) is 11.3 Å². The number of rotatable bonds is 9. The highest BCUT2D eigenvalue weighted by Crippen LogP contribution is 2.38. The minimum atomic E-state index is -3.98. The van der Waals surface area contributed by atoms with E-state index in [1.165, 1.54) is 48.6 Å². The molecule has 0 fully saturated rings. The molecule has 1 aromatic heterocycles. The summed E-state index contributed by atoms with van der Waals surface area (Å²) in [5, 5.41) is 3.06. The molecular formula is C27H27FN2O7S2. The van der Waals surface area contributed by atoms with Crippen LogP contribution in [0.1, 0.15) is 56.5 Å². The van der Waals surface area contributed by atoms with E-state index in [-0.39, 0.29) is 28.3 Å². The average Bonchev–Trinajstić information content (AvgIpc) is 3.25. The molecule has 0 atom stereocenters. The lowest BCUT2D eigenvalue weighted by molar-refractivity contribution is -0.119. The molecular weight excluding hydrogens is 547 g/mol. The summed E-state index contributed by atoms with van der Waals surface area (Å²) in [6.45, 7) is 2.82. The van der Waals surface area contributed by atoms with Crippen LogP contribution in [0.25, 0.3) is 0 Å². The Balaban J connectivity index is 1.37. The van der Waals surface area contributed by atoms with E-state index in [2.05, 4.69) is 10.0 Å².